The second kappa shape index (κ2) is 6.91. The number of rotatable bonds is 7. The molecule has 0 spiro atoms. The second-order valence-electron chi connectivity index (χ2n) is 5.16. The quantitative estimate of drug-likeness (QED) is 0.797. The molecule has 0 fully saturated rings. The van der Waals surface area contributed by atoms with E-state index in [1.807, 2.05) is 25.3 Å². The molecule has 1 atom stereocenters. The molecule has 0 saturated heterocycles. The van der Waals surface area contributed by atoms with E-state index in [2.05, 4.69) is 31.0 Å². The van der Waals surface area contributed by atoms with Crippen LogP contribution in [-0.4, -0.2) is 40.9 Å². The molecule has 1 N–H and O–H groups in total. The van der Waals surface area contributed by atoms with Crippen LogP contribution in [0.2, 0.25) is 0 Å². The lowest BCUT2D eigenvalue weighted by molar-refractivity contribution is -0.121. The predicted molar refractivity (Wildman–Crippen MR) is 74.0 cm³/mol. The highest BCUT2D eigenvalue weighted by molar-refractivity contribution is 5.76. The van der Waals surface area contributed by atoms with Crippen LogP contribution in [-0.2, 0) is 11.3 Å². The van der Waals surface area contributed by atoms with E-state index in [1.165, 1.54) is 6.33 Å². The lowest BCUT2D eigenvalue weighted by Crippen LogP contribution is -2.29. The maximum Gasteiger partial charge on any atom is 0.220 e. The summed E-state index contributed by atoms with van der Waals surface area (Å²) in [6.07, 6.45) is 4.31. The van der Waals surface area contributed by atoms with Crippen molar-refractivity contribution < 1.29 is 4.79 Å². The first kappa shape index (κ1) is 15.1. The Labute approximate surface area is 122 Å². The zero-order valence-electron chi connectivity index (χ0n) is 12.5. The first-order valence-electron chi connectivity index (χ1n) is 6.97. The fraction of sp³-hybridized carbons (Fsp3) is 0.667. The molecule has 9 nitrogen and oxygen atoms in total. The van der Waals surface area contributed by atoms with Crippen molar-refractivity contribution in [3.63, 3.8) is 0 Å². The number of hydrogen-bond acceptors (Lipinski definition) is 6. The molecule has 0 radical (unpaired) electrons. The van der Waals surface area contributed by atoms with Crippen LogP contribution in [0.25, 0.3) is 0 Å². The number of nitrogens with zero attached hydrogens (tertiary/aromatic N) is 7. The molecular weight excluding hydrogens is 272 g/mol. The highest BCUT2D eigenvalue weighted by Crippen LogP contribution is 2.14. The number of carbonyl (C=O) groups is 1. The molecule has 2 aromatic rings. The molecule has 2 aromatic heterocycles. The summed E-state index contributed by atoms with van der Waals surface area (Å²) in [6.45, 7) is 6.63. The summed E-state index contributed by atoms with van der Waals surface area (Å²) in [5, 5.41) is 21.7. The highest BCUT2D eigenvalue weighted by Gasteiger charge is 2.16. The van der Waals surface area contributed by atoms with Gasteiger partial charge in [0.25, 0.3) is 0 Å². The molecule has 0 aliphatic rings. The maximum atomic E-state index is 11.9. The zero-order chi connectivity index (χ0) is 15.2. The fourth-order valence-electron chi connectivity index (χ4n) is 2.02. The Morgan fingerprint density at radius 3 is 2.76 bits per heavy atom. The number of tetrazole rings is 1. The van der Waals surface area contributed by atoms with Crippen LogP contribution < -0.4 is 5.32 Å². The van der Waals surface area contributed by atoms with Gasteiger partial charge in [0.2, 0.25) is 5.91 Å². The minimum Gasteiger partial charge on any atom is -0.346 e. The van der Waals surface area contributed by atoms with Gasteiger partial charge in [-0.15, -0.1) is 15.3 Å². The molecule has 1 unspecified atom stereocenters. The average molecular weight is 292 g/mol. The zero-order valence-corrected chi connectivity index (χ0v) is 12.5. The van der Waals surface area contributed by atoms with Gasteiger partial charge in [-0.25, -0.2) is 4.68 Å². The molecule has 114 valence electrons. The smallest absolute Gasteiger partial charge is 0.220 e. The molecule has 0 aliphatic carbocycles. The summed E-state index contributed by atoms with van der Waals surface area (Å²) >= 11 is 0. The summed E-state index contributed by atoms with van der Waals surface area (Å²) in [7, 11) is 0. The van der Waals surface area contributed by atoms with Crippen LogP contribution in [0.5, 0.6) is 0 Å². The van der Waals surface area contributed by atoms with Crippen molar-refractivity contribution in [3.8, 4) is 0 Å². The molecule has 0 aliphatic heterocycles. The standard InChI is InChI=1S/C12H20N8O/c1-9(2)20-8-13-16-12(20)10(3)15-11(21)5-4-6-19-7-14-17-18-19/h7-10H,4-6H2,1-3H3,(H,15,21). The van der Waals surface area contributed by atoms with Gasteiger partial charge in [0.05, 0.1) is 6.04 Å². The minimum absolute atomic E-state index is 0.0196. The summed E-state index contributed by atoms with van der Waals surface area (Å²) in [4.78, 5) is 11.9. The van der Waals surface area contributed by atoms with Gasteiger partial charge < -0.3 is 9.88 Å². The third-order valence-electron chi connectivity index (χ3n) is 3.10. The van der Waals surface area contributed by atoms with E-state index in [9.17, 15) is 4.79 Å². The van der Waals surface area contributed by atoms with Gasteiger partial charge >= 0.3 is 0 Å². The van der Waals surface area contributed by atoms with Crippen molar-refractivity contribution in [2.24, 2.45) is 0 Å². The monoisotopic (exact) mass is 292 g/mol. The summed E-state index contributed by atoms with van der Waals surface area (Å²) in [6, 6.07) is 0.0876. The Morgan fingerprint density at radius 1 is 1.29 bits per heavy atom. The Morgan fingerprint density at radius 2 is 2.10 bits per heavy atom. The number of nitrogens with one attached hydrogen (secondary N) is 1. The largest absolute Gasteiger partial charge is 0.346 e. The lowest BCUT2D eigenvalue weighted by Gasteiger charge is -2.16. The minimum atomic E-state index is -0.171. The third-order valence-corrected chi connectivity index (χ3v) is 3.10. The average Bonchev–Trinajstić information content (AvgIpc) is 3.09. The van der Waals surface area contributed by atoms with E-state index in [-0.39, 0.29) is 18.0 Å². The number of aromatic nitrogens is 7. The molecule has 21 heavy (non-hydrogen) atoms. The van der Waals surface area contributed by atoms with Crippen LogP contribution in [0.4, 0.5) is 0 Å². The SMILES string of the molecule is CC(NC(=O)CCCn1cnnn1)c1nncn1C(C)C. The van der Waals surface area contributed by atoms with Gasteiger partial charge in [-0.05, 0) is 37.6 Å². The number of aryl methyl sites for hydroxylation is 1. The molecular formula is C12H20N8O. The van der Waals surface area contributed by atoms with Crippen molar-refractivity contribution in [3.05, 3.63) is 18.5 Å². The van der Waals surface area contributed by atoms with Gasteiger partial charge in [0, 0.05) is 19.0 Å². The number of amides is 1. The maximum absolute atomic E-state index is 11.9. The lowest BCUT2D eigenvalue weighted by atomic mass is 10.2. The molecule has 0 saturated carbocycles. The molecule has 0 aromatic carbocycles. The van der Waals surface area contributed by atoms with E-state index in [4.69, 9.17) is 0 Å². The normalized spacial score (nSPS) is 12.6. The van der Waals surface area contributed by atoms with Crippen LogP contribution >= 0.6 is 0 Å². The predicted octanol–water partition coefficient (Wildman–Crippen LogP) is 0.503. The molecule has 2 heterocycles. The van der Waals surface area contributed by atoms with Crippen LogP contribution in [0.15, 0.2) is 12.7 Å². The molecule has 1 amide bonds. The number of carbonyl (C=O) groups excluding carboxylic acids is 1. The van der Waals surface area contributed by atoms with Gasteiger partial charge in [-0.3, -0.25) is 4.79 Å². The highest BCUT2D eigenvalue weighted by atomic mass is 16.1. The molecule has 9 heteroatoms. The van der Waals surface area contributed by atoms with E-state index >= 15 is 0 Å². The first-order chi connectivity index (χ1) is 10.1. The topological polar surface area (TPSA) is 103 Å². The number of hydrogen-bond donors (Lipinski definition) is 1. The van der Waals surface area contributed by atoms with Gasteiger partial charge in [0.1, 0.15) is 12.7 Å². The van der Waals surface area contributed by atoms with Crippen molar-refractivity contribution in [2.75, 3.05) is 0 Å². The van der Waals surface area contributed by atoms with Crippen LogP contribution in [0.1, 0.15) is 51.5 Å². The summed E-state index contributed by atoms with van der Waals surface area (Å²) in [5.41, 5.74) is 0. The van der Waals surface area contributed by atoms with E-state index < -0.39 is 0 Å². The first-order valence-corrected chi connectivity index (χ1v) is 6.97. The molecule has 2 rings (SSSR count). The van der Waals surface area contributed by atoms with Crippen molar-refractivity contribution in [1.29, 1.82) is 0 Å². The van der Waals surface area contributed by atoms with E-state index in [0.29, 0.717) is 19.4 Å². The third kappa shape index (κ3) is 4.07. The Hall–Kier alpha value is -2.32. The van der Waals surface area contributed by atoms with Crippen molar-refractivity contribution in [2.45, 2.75) is 52.2 Å². The van der Waals surface area contributed by atoms with Crippen molar-refractivity contribution >= 4 is 5.91 Å². The Bertz CT molecular complexity index is 562. The summed E-state index contributed by atoms with van der Waals surface area (Å²) < 4.78 is 3.55. The van der Waals surface area contributed by atoms with Gasteiger partial charge in [0.15, 0.2) is 5.82 Å². The van der Waals surface area contributed by atoms with Gasteiger partial charge in [-0.1, -0.05) is 0 Å². The second-order valence-corrected chi connectivity index (χ2v) is 5.16. The van der Waals surface area contributed by atoms with Crippen LogP contribution in [0.3, 0.4) is 0 Å². The van der Waals surface area contributed by atoms with E-state index in [0.717, 1.165) is 5.82 Å². The van der Waals surface area contributed by atoms with Crippen molar-refractivity contribution in [1.82, 2.24) is 40.3 Å². The summed E-state index contributed by atoms with van der Waals surface area (Å²) in [5.74, 6) is 0.743. The van der Waals surface area contributed by atoms with E-state index in [1.54, 1.807) is 11.0 Å². The van der Waals surface area contributed by atoms with Gasteiger partial charge in [-0.2, -0.15) is 0 Å². The van der Waals surface area contributed by atoms with Crippen LogP contribution in [0, 0.1) is 0 Å². The Balaban J connectivity index is 1.80. The Kier molecular flexibility index (Phi) is 4.96. The fourth-order valence-corrected chi connectivity index (χ4v) is 2.02. The molecule has 0 bridgehead atoms.